The van der Waals surface area contributed by atoms with Crippen LogP contribution in [0.1, 0.15) is 0 Å². The molecule has 0 aromatic heterocycles. The number of nitrogens with zero attached hydrogens (tertiary/aromatic N) is 2. The Morgan fingerprint density at radius 1 is 0.700 bits per heavy atom. The molecule has 2 aliphatic rings. The van der Waals surface area contributed by atoms with E-state index in [1.165, 1.54) is 0 Å². The first kappa shape index (κ1) is 27.3. The molecule has 2 rings (SSSR count). The molecule has 0 atom stereocenters. The number of carbonyl (C=O) groups is 4. The molecular formula is C16H32N6O8. The van der Waals surface area contributed by atoms with Crippen LogP contribution >= 0.6 is 0 Å². The van der Waals surface area contributed by atoms with Crippen LogP contribution in [0.5, 0.6) is 0 Å². The highest BCUT2D eigenvalue weighted by Crippen LogP contribution is 1.96. The van der Waals surface area contributed by atoms with E-state index >= 15 is 0 Å². The van der Waals surface area contributed by atoms with Gasteiger partial charge in [-0.2, -0.15) is 0 Å². The third-order valence-corrected chi connectivity index (χ3v) is 3.62. The summed E-state index contributed by atoms with van der Waals surface area (Å²) < 4.78 is 10.2. The van der Waals surface area contributed by atoms with Crippen LogP contribution in [0.25, 0.3) is 0 Å². The van der Waals surface area contributed by atoms with Gasteiger partial charge in [-0.1, -0.05) is 0 Å². The van der Waals surface area contributed by atoms with Crippen LogP contribution in [0, 0.1) is 0 Å². The number of carboxylic acids is 2. The van der Waals surface area contributed by atoms with Crippen LogP contribution in [-0.2, 0) is 19.1 Å². The van der Waals surface area contributed by atoms with Gasteiger partial charge >= 0.3 is 24.0 Å². The Kier molecular flexibility index (Phi) is 15.7. The Balaban J connectivity index is 0.000000447. The lowest BCUT2D eigenvalue weighted by molar-refractivity contribution is -0.159. The highest BCUT2D eigenvalue weighted by atomic mass is 16.5. The van der Waals surface area contributed by atoms with E-state index in [9.17, 15) is 9.59 Å². The predicted molar refractivity (Wildman–Crippen MR) is 105 cm³/mol. The molecule has 4 amide bonds. The van der Waals surface area contributed by atoms with Crippen molar-refractivity contribution in [3.63, 3.8) is 0 Å². The Hall–Kier alpha value is -2.68. The molecule has 2 heterocycles. The third kappa shape index (κ3) is 13.5. The normalized spacial score (nSPS) is 15.5. The van der Waals surface area contributed by atoms with Crippen LogP contribution < -0.4 is 22.1 Å². The van der Waals surface area contributed by atoms with Gasteiger partial charge in [0.05, 0.1) is 26.4 Å². The van der Waals surface area contributed by atoms with Crippen molar-refractivity contribution in [1.29, 1.82) is 0 Å². The number of carbonyl (C=O) groups excluding carboxylic acids is 2. The van der Waals surface area contributed by atoms with E-state index in [-0.39, 0.29) is 12.1 Å². The van der Waals surface area contributed by atoms with Crippen molar-refractivity contribution >= 4 is 24.0 Å². The third-order valence-electron chi connectivity index (χ3n) is 3.62. The number of nitrogens with one attached hydrogen (secondary N) is 2. The SMILES string of the molecule is NCCNC(=O)N1CCOCC1.NCCNC(=O)N1CCOCC1.O=C(O)C(=O)O. The maximum atomic E-state index is 11.3. The van der Waals surface area contributed by atoms with E-state index in [1.54, 1.807) is 9.80 Å². The number of rotatable bonds is 4. The molecule has 0 aromatic carbocycles. The Morgan fingerprint density at radius 2 is 1.00 bits per heavy atom. The van der Waals surface area contributed by atoms with Crippen LogP contribution in [0.2, 0.25) is 0 Å². The summed E-state index contributed by atoms with van der Waals surface area (Å²) >= 11 is 0. The summed E-state index contributed by atoms with van der Waals surface area (Å²) in [5.74, 6) is -3.65. The minimum Gasteiger partial charge on any atom is -0.473 e. The lowest BCUT2D eigenvalue weighted by atomic mass is 10.4. The minimum atomic E-state index is -1.82. The van der Waals surface area contributed by atoms with E-state index in [0.29, 0.717) is 78.8 Å². The molecular weight excluding hydrogens is 404 g/mol. The molecule has 2 aliphatic heterocycles. The molecule has 0 unspecified atom stereocenters. The molecule has 0 aromatic rings. The van der Waals surface area contributed by atoms with E-state index in [2.05, 4.69) is 10.6 Å². The van der Waals surface area contributed by atoms with E-state index < -0.39 is 11.9 Å². The van der Waals surface area contributed by atoms with Gasteiger partial charge in [-0.05, 0) is 0 Å². The second-order valence-corrected chi connectivity index (χ2v) is 5.85. The summed E-state index contributed by atoms with van der Waals surface area (Å²) in [4.78, 5) is 44.2. The van der Waals surface area contributed by atoms with Crippen LogP contribution in [-0.4, -0.2) is 123 Å². The van der Waals surface area contributed by atoms with Gasteiger partial charge in [0.1, 0.15) is 0 Å². The number of urea groups is 2. The van der Waals surface area contributed by atoms with Crippen molar-refractivity contribution in [2.75, 3.05) is 78.8 Å². The van der Waals surface area contributed by atoms with Crippen LogP contribution in [0.4, 0.5) is 9.59 Å². The summed E-state index contributed by atoms with van der Waals surface area (Å²) in [6, 6.07) is -0.0764. The molecule has 2 fully saturated rings. The van der Waals surface area contributed by atoms with Gasteiger partial charge in [0.15, 0.2) is 0 Å². The summed E-state index contributed by atoms with van der Waals surface area (Å²) in [6.07, 6.45) is 0. The predicted octanol–water partition coefficient (Wildman–Crippen LogP) is -2.87. The second kappa shape index (κ2) is 17.2. The van der Waals surface area contributed by atoms with Crippen molar-refractivity contribution in [2.45, 2.75) is 0 Å². The molecule has 174 valence electrons. The van der Waals surface area contributed by atoms with Crippen molar-refractivity contribution in [2.24, 2.45) is 11.5 Å². The second-order valence-electron chi connectivity index (χ2n) is 5.85. The van der Waals surface area contributed by atoms with Gasteiger partial charge < -0.3 is 51.6 Å². The summed E-state index contributed by atoms with van der Waals surface area (Å²) in [5.41, 5.74) is 10.5. The molecule has 0 radical (unpaired) electrons. The number of aliphatic carboxylic acids is 2. The number of nitrogens with two attached hydrogens (primary N) is 2. The minimum absolute atomic E-state index is 0.0382. The average Bonchev–Trinajstić information content (AvgIpc) is 2.77. The number of carboxylic acid groups (broad SMARTS) is 2. The first-order chi connectivity index (χ1) is 14.3. The molecule has 14 nitrogen and oxygen atoms in total. The summed E-state index contributed by atoms with van der Waals surface area (Å²) in [5, 5.41) is 20.2. The Morgan fingerprint density at radius 3 is 1.23 bits per heavy atom. The van der Waals surface area contributed by atoms with E-state index in [4.69, 9.17) is 40.7 Å². The smallest absolute Gasteiger partial charge is 0.414 e. The largest absolute Gasteiger partial charge is 0.473 e. The zero-order valence-corrected chi connectivity index (χ0v) is 16.9. The maximum Gasteiger partial charge on any atom is 0.414 e. The van der Waals surface area contributed by atoms with Gasteiger partial charge in [-0.15, -0.1) is 0 Å². The summed E-state index contributed by atoms with van der Waals surface area (Å²) in [6.45, 7) is 7.29. The van der Waals surface area contributed by atoms with Gasteiger partial charge in [-0.25, -0.2) is 19.2 Å². The van der Waals surface area contributed by atoms with Gasteiger partial charge in [-0.3, -0.25) is 0 Å². The molecule has 14 heteroatoms. The molecule has 0 bridgehead atoms. The Bertz CT molecular complexity index is 478. The quantitative estimate of drug-likeness (QED) is 0.248. The van der Waals surface area contributed by atoms with Gasteiger partial charge in [0.2, 0.25) is 0 Å². The highest BCUT2D eigenvalue weighted by molar-refractivity contribution is 6.27. The molecule has 0 spiro atoms. The van der Waals surface area contributed by atoms with Gasteiger partial charge in [0, 0.05) is 52.4 Å². The Labute approximate surface area is 174 Å². The molecule has 8 N–H and O–H groups in total. The van der Waals surface area contributed by atoms with Crippen LogP contribution in [0.15, 0.2) is 0 Å². The number of hydrogen-bond donors (Lipinski definition) is 6. The number of amides is 4. The lowest BCUT2D eigenvalue weighted by Crippen LogP contribution is -2.47. The molecule has 0 aliphatic carbocycles. The molecule has 0 saturated carbocycles. The lowest BCUT2D eigenvalue weighted by Gasteiger charge is -2.26. The number of ether oxygens (including phenoxy) is 2. The zero-order valence-electron chi connectivity index (χ0n) is 16.9. The molecule has 2 saturated heterocycles. The molecule has 30 heavy (non-hydrogen) atoms. The fraction of sp³-hybridized carbons (Fsp3) is 0.750. The maximum absolute atomic E-state index is 11.3. The van der Waals surface area contributed by atoms with E-state index in [0.717, 1.165) is 0 Å². The number of morpholine rings is 2. The van der Waals surface area contributed by atoms with E-state index in [1.807, 2.05) is 0 Å². The van der Waals surface area contributed by atoms with Crippen molar-refractivity contribution < 1.29 is 38.9 Å². The zero-order chi connectivity index (χ0) is 22.8. The standard InChI is InChI=1S/2C7H15N3O2.C2H2O4/c2*8-1-2-9-7(11)10-3-5-12-6-4-10;3-1(4)2(5)6/h2*1-6,8H2,(H,9,11);(H,3,4)(H,5,6). The van der Waals surface area contributed by atoms with Crippen molar-refractivity contribution in [3.8, 4) is 0 Å². The average molecular weight is 436 g/mol. The first-order valence-corrected chi connectivity index (χ1v) is 9.40. The monoisotopic (exact) mass is 436 g/mol. The highest BCUT2D eigenvalue weighted by Gasteiger charge is 2.16. The van der Waals surface area contributed by atoms with Crippen molar-refractivity contribution in [1.82, 2.24) is 20.4 Å². The number of hydrogen-bond acceptors (Lipinski definition) is 8. The van der Waals surface area contributed by atoms with Gasteiger partial charge in [0.25, 0.3) is 0 Å². The topological polar surface area (TPSA) is 210 Å². The van der Waals surface area contributed by atoms with Crippen LogP contribution in [0.3, 0.4) is 0 Å². The fourth-order valence-corrected chi connectivity index (χ4v) is 2.11. The van der Waals surface area contributed by atoms with Crippen molar-refractivity contribution in [3.05, 3.63) is 0 Å². The fourth-order valence-electron chi connectivity index (χ4n) is 2.11. The first-order valence-electron chi connectivity index (χ1n) is 9.40. The summed E-state index contributed by atoms with van der Waals surface area (Å²) in [7, 11) is 0.